The number of benzene rings is 3. The van der Waals surface area contributed by atoms with Gasteiger partial charge in [-0.15, -0.1) is 0 Å². The number of rotatable bonds is 4. The van der Waals surface area contributed by atoms with Gasteiger partial charge < -0.3 is 8.83 Å². The van der Waals surface area contributed by atoms with E-state index in [1.165, 1.54) is 11.1 Å². The number of oxazole rings is 2. The van der Waals surface area contributed by atoms with E-state index in [4.69, 9.17) is 13.8 Å². The molecule has 2 heterocycles. The van der Waals surface area contributed by atoms with Crippen molar-refractivity contribution in [1.29, 1.82) is 0 Å². The Morgan fingerprint density at radius 1 is 0.724 bits per heavy atom. The van der Waals surface area contributed by atoms with Crippen molar-refractivity contribution < 1.29 is 8.83 Å². The second-order valence-corrected chi connectivity index (χ2v) is 7.99. The van der Waals surface area contributed by atoms with E-state index in [1.807, 2.05) is 48.5 Å². The SMILES string of the molecule is Cc1ccc2oc(-c3ccc(-c4nc5cc(CC(C)C)ccc5o4)cc3)nc2c1. The molecule has 0 saturated carbocycles. The number of hydrogen-bond donors (Lipinski definition) is 0. The standard InChI is InChI=1S/C25H22N2O2/c1-15(2)12-17-5-11-23-21(14-17)27-25(29-23)19-8-6-18(7-9-19)24-26-20-13-16(3)4-10-22(20)28-24/h4-11,13-15H,12H2,1-3H3. The highest BCUT2D eigenvalue weighted by Gasteiger charge is 2.12. The van der Waals surface area contributed by atoms with E-state index in [1.54, 1.807) is 0 Å². The number of nitrogens with zero attached hydrogens (tertiary/aromatic N) is 2. The Balaban J connectivity index is 1.46. The monoisotopic (exact) mass is 382 g/mol. The van der Waals surface area contributed by atoms with Gasteiger partial charge in [-0.3, -0.25) is 0 Å². The third-order valence-electron chi connectivity index (χ3n) is 5.02. The number of aryl methyl sites for hydroxylation is 1. The fourth-order valence-electron chi connectivity index (χ4n) is 3.61. The summed E-state index contributed by atoms with van der Waals surface area (Å²) >= 11 is 0. The first-order chi connectivity index (χ1) is 14.0. The minimum Gasteiger partial charge on any atom is -0.436 e. The summed E-state index contributed by atoms with van der Waals surface area (Å²) in [4.78, 5) is 9.30. The summed E-state index contributed by atoms with van der Waals surface area (Å²) in [6.45, 7) is 6.49. The molecule has 4 heteroatoms. The quantitative estimate of drug-likeness (QED) is 0.342. The van der Waals surface area contributed by atoms with Gasteiger partial charge in [0.2, 0.25) is 11.8 Å². The minimum absolute atomic E-state index is 0.613. The van der Waals surface area contributed by atoms with E-state index >= 15 is 0 Å². The molecule has 5 aromatic rings. The summed E-state index contributed by atoms with van der Waals surface area (Å²) < 4.78 is 11.9. The van der Waals surface area contributed by atoms with Crippen molar-refractivity contribution in [2.45, 2.75) is 27.2 Å². The molecule has 0 unspecified atom stereocenters. The van der Waals surface area contributed by atoms with Gasteiger partial charge in [-0.05, 0) is 78.9 Å². The molecule has 0 aliphatic heterocycles. The molecule has 0 fully saturated rings. The average Bonchev–Trinajstić information content (AvgIpc) is 3.31. The van der Waals surface area contributed by atoms with E-state index in [2.05, 4.69) is 37.9 Å². The largest absolute Gasteiger partial charge is 0.436 e. The molecule has 3 aromatic carbocycles. The van der Waals surface area contributed by atoms with Gasteiger partial charge >= 0.3 is 0 Å². The van der Waals surface area contributed by atoms with E-state index in [-0.39, 0.29) is 0 Å². The predicted octanol–water partition coefficient (Wildman–Crippen LogP) is 6.81. The molecule has 2 aromatic heterocycles. The summed E-state index contributed by atoms with van der Waals surface area (Å²) in [6, 6.07) is 20.2. The first-order valence-electron chi connectivity index (χ1n) is 9.92. The van der Waals surface area contributed by atoms with Crippen LogP contribution in [-0.2, 0) is 6.42 Å². The number of hydrogen-bond acceptors (Lipinski definition) is 4. The topological polar surface area (TPSA) is 52.1 Å². The summed E-state index contributed by atoms with van der Waals surface area (Å²) in [5.41, 5.74) is 7.70. The third kappa shape index (κ3) is 3.42. The zero-order chi connectivity index (χ0) is 20.0. The van der Waals surface area contributed by atoms with Gasteiger partial charge in [-0.25, -0.2) is 9.97 Å². The van der Waals surface area contributed by atoms with Crippen molar-refractivity contribution in [3.63, 3.8) is 0 Å². The molecule has 4 nitrogen and oxygen atoms in total. The smallest absolute Gasteiger partial charge is 0.227 e. The summed E-state index contributed by atoms with van der Waals surface area (Å²) in [5, 5.41) is 0. The predicted molar refractivity (Wildman–Crippen MR) is 116 cm³/mol. The van der Waals surface area contributed by atoms with Crippen molar-refractivity contribution in [3.8, 4) is 22.9 Å². The molecule has 0 N–H and O–H groups in total. The maximum Gasteiger partial charge on any atom is 0.227 e. The van der Waals surface area contributed by atoms with Crippen molar-refractivity contribution in [1.82, 2.24) is 9.97 Å². The fourth-order valence-corrected chi connectivity index (χ4v) is 3.61. The van der Waals surface area contributed by atoms with Gasteiger partial charge in [0.1, 0.15) is 11.0 Å². The summed E-state index contributed by atoms with van der Waals surface area (Å²) in [5.74, 6) is 1.86. The molecule has 29 heavy (non-hydrogen) atoms. The first-order valence-corrected chi connectivity index (χ1v) is 9.92. The molecule has 0 atom stereocenters. The minimum atomic E-state index is 0.613. The summed E-state index contributed by atoms with van der Waals surface area (Å²) in [7, 11) is 0. The molecule has 0 amide bonds. The highest BCUT2D eigenvalue weighted by molar-refractivity contribution is 5.79. The van der Waals surface area contributed by atoms with Crippen LogP contribution in [0, 0.1) is 12.8 Å². The Hall–Kier alpha value is -3.40. The van der Waals surface area contributed by atoms with Gasteiger partial charge in [-0.1, -0.05) is 26.0 Å². The fraction of sp³-hybridized carbons (Fsp3) is 0.200. The maximum absolute atomic E-state index is 5.97. The van der Waals surface area contributed by atoms with E-state index in [9.17, 15) is 0 Å². The van der Waals surface area contributed by atoms with Crippen molar-refractivity contribution in [3.05, 3.63) is 71.8 Å². The highest BCUT2D eigenvalue weighted by Crippen LogP contribution is 2.29. The molecular formula is C25H22N2O2. The van der Waals surface area contributed by atoms with Gasteiger partial charge in [0.05, 0.1) is 0 Å². The van der Waals surface area contributed by atoms with E-state index < -0.39 is 0 Å². The zero-order valence-corrected chi connectivity index (χ0v) is 16.8. The van der Waals surface area contributed by atoms with Crippen LogP contribution >= 0.6 is 0 Å². The van der Waals surface area contributed by atoms with Crippen LogP contribution in [0.4, 0.5) is 0 Å². The van der Waals surface area contributed by atoms with Crippen LogP contribution in [-0.4, -0.2) is 9.97 Å². The molecule has 5 rings (SSSR count). The van der Waals surface area contributed by atoms with Crippen LogP contribution in [0.3, 0.4) is 0 Å². The Kier molecular flexibility index (Phi) is 4.20. The van der Waals surface area contributed by atoms with Crippen LogP contribution in [0.2, 0.25) is 0 Å². The number of fused-ring (bicyclic) bond motifs is 2. The lowest BCUT2D eigenvalue weighted by atomic mass is 10.0. The van der Waals surface area contributed by atoms with Gasteiger partial charge in [0, 0.05) is 11.1 Å². The molecular weight excluding hydrogens is 360 g/mol. The normalized spacial score (nSPS) is 11.7. The highest BCUT2D eigenvalue weighted by atomic mass is 16.4. The van der Waals surface area contributed by atoms with Crippen LogP contribution in [0.5, 0.6) is 0 Å². The molecule has 0 aliphatic carbocycles. The lowest BCUT2D eigenvalue weighted by molar-refractivity contribution is 0.617. The van der Waals surface area contributed by atoms with E-state index in [0.717, 1.165) is 39.7 Å². The van der Waals surface area contributed by atoms with Crippen molar-refractivity contribution in [2.24, 2.45) is 5.92 Å². The van der Waals surface area contributed by atoms with Crippen molar-refractivity contribution in [2.75, 3.05) is 0 Å². The molecule has 0 aliphatic rings. The molecule has 0 radical (unpaired) electrons. The van der Waals surface area contributed by atoms with Crippen LogP contribution < -0.4 is 0 Å². The Morgan fingerprint density at radius 3 is 1.86 bits per heavy atom. The molecule has 0 spiro atoms. The molecule has 144 valence electrons. The van der Waals surface area contributed by atoms with E-state index in [0.29, 0.717) is 17.7 Å². The maximum atomic E-state index is 5.97. The van der Waals surface area contributed by atoms with Crippen molar-refractivity contribution >= 4 is 22.2 Å². The Bertz CT molecular complexity index is 1310. The van der Waals surface area contributed by atoms with Crippen LogP contribution in [0.25, 0.3) is 45.1 Å². The van der Waals surface area contributed by atoms with Gasteiger partial charge in [-0.2, -0.15) is 0 Å². The Labute approximate surface area is 169 Å². The first kappa shape index (κ1) is 17.7. The molecule has 0 saturated heterocycles. The van der Waals surface area contributed by atoms with Gasteiger partial charge in [0.25, 0.3) is 0 Å². The van der Waals surface area contributed by atoms with Gasteiger partial charge in [0.15, 0.2) is 11.2 Å². The second kappa shape index (κ2) is 6.89. The number of aromatic nitrogens is 2. The summed E-state index contributed by atoms with van der Waals surface area (Å²) in [6.07, 6.45) is 1.04. The second-order valence-electron chi connectivity index (χ2n) is 7.99. The molecule has 0 bridgehead atoms. The Morgan fingerprint density at radius 2 is 1.28 bits per heavy atom. The lowest BCUT2D eigenvalue weighted by Gasteiger charge is -2.03. The zero-order valence-electron chi connectivity index (χ0n) is 16.8. The average molecular weight is 382 g/mol. The lowest BCUT2D eigenvalue weighted by Crippen LogP contribution is -1.93. The third-order valence-corrected chi connectivity index (χ3v) is 5.02. The van der Waals surface area contributed by atoms with Crippen LogP contribution in [0.1, 0.15) is 25.0 Å². The van der Waals surface area contributed by atoms with Crippen LogP contribution in [0.15, 0.2) is 69.5 Å².